The zero-order valence-electron chi connectivity index (χ0n) is 8.71. The number of carbonyl (C=O) groups is 1. The number of carboxylic acid groups (broad SMARTS) is 1. The largest absolute Gasteiger partial charge is 0.495 e. The van der Waals surface area contributed by atoms with E-state index in [0.29, 0.717) is 17.2 Å². The molecule has 1 N–H and O–H groups in total. The van der Waals surface area contributed by atoms with E-state index < -0.39 is 5.97 Å². The van der Waals surface area contributed by atoms with Crippen LogP contribution in [-0.2, 0) is 11.2 Å². The number of methoxy groups -OCH3 is 1. The van der Waals surface area contributed by atoms with Gasteiger partial charge in [-0.15, -0.1) is 0 Å². The first-order valence-corrected chi connectivity index (χ1v) is 4.97. The molecule has 1 aromatic rings. The number of hydrogen-bond donors (Lipinski definition) is 1. The van der Waals surface area contributed by atoms with Crippen molar-refractivity contribution in [1.82, 2.24) is 0 Å². The lowest BCUT2D eigenvalue weighted by Crippen LogP contribution is -1.99. The molecule has 0 saturated heterocycles. The summed E-state index contributed by atoms with van der Waals surface area (Å²) in [6, 6.07) is 3.58. The SMILES string of the molecule is COc1cc(C)c(CCC(=O)O)cc1Cl. The van der Waals surface area contributed by atoms with Crippen molar-refractivity contribution in [2.75, 3.05) is 7.11 Å². The third-order valence-corrected chi connectivity index (χ3v) is 2.51. The van der Waals surface area contributed by atoms with Crippen LogP contribution in [0.5, 0.6) is 5.75 Å². The highest BCUT2D eigenvalue weighted by Crippen LogP contribution is 2.28. The van der Waals surface area contributed by atoms with Gasteiger partial charge >= 0.3 is 5.97 Å². The standard InChI is InChI=1S/C11H13ClO3/c1-7-5-10(15-2)9(12)6-8(7)3-4-11(13)14/h5-6H,3-4H2,1-2H3,(H,13,14). The number of carboxylic acids is 1. The van der Waals surface area contributed by atoms with Gasteiger partial charge in [0, 0.05) is 6.42 Å². The van der Waals surface area contributed by atoms with E-state index in [2.05, 4.69) is 0 Å². The molecule has 0 heterocycles. The molecule has 1 rings (SSSR count). The van der Waals surface area contributed by atoms with Gasteiger partial charge in [-0.2, -0.15) is 0 Å². The van der Waals surface area contributed by atoms with Gasteiger partial charge in [0.25, 0.3) is 0 Å². The van der Waals surface area contributed by atoms with Crippen LogP contribution < -0.4 is 4.74 Å². The predicted octanol–water partition coefficient (Wildman–Crippen LogP) is 2.67. The first-order valence-electron chi connectivity index (χ1n) is 4.59. The number of hydrogen-bond acceptors (Lipinski definition) is 2. The van der Waals surface area contributed by atoms with Crippen molar-refractivity contribution in [2.45, 2.75) is 19.8 Å². The Morgan fingerprint density at radius 2 is 2.20 bits per heavy atom. The normalized spacial score (nSPS) is 10.1. The third-order valence-electron chi connectivity index (χ3n) is 2.22. The zero-order valence-corrected chi connectivity index (χ0v) is 9.47. The number of benzene rings is 1. The molecule has 0 amide bonds. The highest BCUT2D eigenvalue weighted by atomic mass is 35.5. The lowest BCUT2D eigenvalue weighted by Gasteiger charge is -2.09. The Morgan fingerprint density at radius 3 is 2.73 bits per heavy atom. The van der Waals surface area contributed by atoms with Crippen LogP contribution >= 0.6 is 11.6 Å². The van der Waals surface area contributed by atoms with Crippen molar-refractivity contribution in [2.24, 2.45) is 0 Å². The summed E-state index contributed by atoms with van der Waals surface area (Å²) in [5.74, 6) is -0.186. The van der Waals surface area contributed by atoms with E-state index in [1.165, 1.54) is 0 Å². The maximum Gasteiger partial charge on any atom is 0.303 e. The minimum Gasteiger partial charge on any atom is -0.495 e. The second-order valence-corrected chi connectivity index (χ2v) is 3.71. The summed E-state index contributed by atoms with van der Waals surface area (Å²) in [7, 11) is 1.55. The Kier molecular flexibility index (Phi) is 3.97. The monoisotopic (exact) mass is 228 g/mol. The molecule has 3 nitrogen and oxygen atoms in total. The van der Waals surface area contributed by atoms with Crippen LogP contribution in [0.1, 0.15) is 17.5 Å². The van der Waals surface area contributed by atoms with E-state index in [1.54, 1.807) is 13.2 Å². The summed E-state index contributed by atoms with van der Waals surface area (Å²) < 4.78 is 5.06. The minimum absolute atomic E-state index is 0.115. The first-order chi connectivity index (χ1) is 7.04. The van der Waals surface area contributed by atoms with E-state index in [0.717, 1.165) is 11.1 Å². The van der Waals surface area contributed by atoms with Crippen LogP contribution in [0, 0.1) is 6.92 Å². The molecule has 0 saturated carbocycles. The topological polar surface area (TPSA) is 46.5 Å². The van der Waals surface area contributed by atoms with E-state index >= 15 is 0 Å². The average molecular weight is 229 g/mol. The van der Waals surface area contributed by atoms with Crippen molar-refractivity contribution in [1.29, 1.82) is 0 Å². The Hall–Kier alpha value is -1.22. The van der Waals surface area contributed by atoms with Gasteiger partial charge in [0.2, 0.25) is 0 Å². The molecule has 0 atom stereocenters. The van der Waals surface area contributed by atoms with Crippen molar-refractivity contribution < 1.29 is 14.6 Å². The van der Waals surface area contributed by atoms with Gasteiger partial charge in [0.15, 0.2) is 0 Å². The fraction of sp³-hybridized carbons (Fsp3) is 0.364. The van der Waals surface area contributed by atoms with E-state index in [4.69, 9.17) is 21.4 Å². The van der Waals surface area contributed by atoms with Crippen LogP contribution in [0.25, 0.3) is 0 Å². The summed E-state index contributed by atoms with van der Waals surface area (Å²) >= 11 is 5.94. The number of aliphatic carboxylic acids is 1. The molecule has 4 heteroatoms. The molecule has 0 spiro atoms. The number of rotatable bonds is 4. The van der Waals surface area contributed by atoms with E-state index in [1.807, 2.05) is 13.0 Å². The van der Waals surface area contributed by atoms with Crippen molar-refractivity contribution >= 4 is 17.6 Å². The Balaban J connectivity index is 2.90. The highest BCUT2D eigenvalue weighted by Gasteiger charge is 2.07. The lowest BCUT2D eigenvalue weighted by atomic mass is 10.0. The van der Waals surface area contributed by atoms with Crippen LogP contribution in [0.2, 0.25) is 5.02 Å². The summed E-state index contributed by atoms with van der Waals surface area (Å²) in [4.78, 5) is 10.4. The number of ether oxygens (including phenoxy) is 1. The van der Waals surface area contributed by atoms with Crippen LogP contribution in [0.15, 0.2) is 12.1 Å². The Labute approximate surface area is 93.6 Å². The second kappa shape index (κ2) is 5.03. The van der Waals surface area contributed by atoms with Crippen molar-refractivity contribution in [3.63, 3.8) is 0 Å². The zero-order chi connectivity index (χ0) is 11.4. The van der Waals surface area contributed by atoms with Gasteiger partial charge in [0.1, 0.15) is 5.75 Å². The fourth-order valence-electron chi connectivity index (χ4n) is 1.36. The summed E-state index contributed by atoms with van der Waals surface area (Å²) in [6.07, 6.45) is 0.606. The van der Waals surface area contributed by atoms with Crippen LogP contribution in [-0.4, -0.2) is 18.2 Å². The molecular formula is C11H13ClO3. The molecule has 0 radical (unpaired) electrons. The molecule has 0 aliphatic rings. The van der Waals surface area contributed by atoms with Crippen LogP contribution in [0.3, 0.4) is 0 Å². The van der Waals surface area contributed by atoms with Crippen molar-refractivity contribution in [3.05, 3.63) is 28.3 Å². The third kappa shape index (κ3) is 3.13. The smallest absolute Gasteiger partial charge is 0.303 e. The predicted molar refractivity (Wildman–Crippen MR) is 58.7 cm³/mol. The first kappa shape index (κ1) is 11.9. The van der Waals surface area contributed by atoms with Gasteiger partial charge in [-0.05, 0) is 36.6 Å². The maximum atomic E-state index is 10.4. The fourth-order valence-corrected chi connectivity index (χ4v) is 1.63. The molecule has 0 aromatic heterocycles. The summed E-state index contributed by atoms with van der Waals surface area (Å²) in [5, 5.41) is 9.10. The van der Waals surface area contributed by atoms with Gasteiger partial charge in [-0.3, -0.25) is 4.79 Å². The summed E-state index contributed by atoms with van der Waals surface area (Å²) in [6.45, 7) is 1.91. The maximum absolute atomic E-state index is 10.4. The summed E-state index contributed by atoms with van der Waals surface area (Å²) in [5.41, 5.74) is 1.95. The highest BCUT2D eigenvalue weighted by molar-refractivity contribution is 6.32. The molecule has 82 valence electrons. The van der Waals surface area contributed by atoms with Gasteiger partial charge in [0.05, 0.1) is 12.1 Å². The second-order valence-electron chi connectivity index (χ2n) is 3.31. The molecule has 0 aliphatic heterocycles. The molecule has 15 heavy (non-hydrogen) atoms. The van der Waals surface area contributed by atoms with Gasteiger partial charge in [-0.25, -0.2) is 0 Å². The van der Waals surface area contributed by atoms with Crippen LogP contribution in [0.4, 0.5) is 0 Å². The van der Waals surface area contributed by atoms with Gasteiger partial charge in [-0.1, -0.05) is 11.6 Å². The molecule has 0 bridgehead atoms. The Morgan fingerprint density at radius 1 is 1.53 bits per heavy atom. The number of halogens is 1. The Bertz CT molecular complexity index is 374. The van der Waals surface area contributed by atoms with E-state index in [-0.39, 0.29) is 6.42 Å². The van der Waals surface area contributed by atoms with E-state index in [9.17, 15) is 4.79 Å². The molecule has 0 unspecified atom stereocenters. The van der Waals surface area contributed by atoms with Crippen molar-refractivity contribution in [3.8, 4) is 5.75 Å². The average Bonchev–Trinajstić information content (AvgIpc) is 2.18. The molecule has 0 aliphatic carbocycles. The minimum atomic E-state index is -0.804. The molecule has 0 fully saturated rings. The molecular weight excluding hydrogens is 216 g/mol. The lowest BCUT2D eigenvalue weighted by molar-refractivity contribution is -0.136. The molecule has 1 aromatic carbocycles. The number of aryl methyl sites for hydroxylation is 2. The quantitative estimate of drug-likeness (QED) is 0.862. The van der Waals surface area contributed by atoms with Gasteiger partial charge < -0.3 is 9.84 Å².